The highest BCUT2D eigenvalue weighted by Crippen LogP contribution is 2.18. The first-order valence-electron chi connectivity index (χ1n) is 9.84. The number of aromatic nitrogens is 2. The van der Waals surface area contributed by atoms with Gasteiger partial charge in [-0.2, -0.15) is 0 Å². The molecule has 0 unspecified atom stereocenters. The molecule has 0 radical (unpaired) electrons. The highest BCUT2D eigenvalue weighted by molar-refractivity contribution is 9.10. The number of fused-ring (bicyclic) bond motifs is 1. The Morgan fingerprint density at radius 2 is 1.81 bits per heavy atom. The molecule has 0 fully saturated rings. The van der Waals surface area contributed by atoms with Gasteiger partial charge in [-0.05, 0) is 49.4 Å². The third kappa shape index (κ3) is 5.00. The monoisotopic (exact) mass is 476 g/mol. The molecule has 0 aliphatic carbocycles. The molecular formula is C24H21BrN4O2. The standard InChI is InChI=1S/C24H21BrN4O2/c1-16-6-4-7-17(12-16)24(31)26-14-22-28-20-10-2-3-11-21(20)29(22)15-23(30)27-19-9-5-8-18(25)13-19/h2-13H,14-15H2,1H3,(H,26,31)(H,27,30). The first-order valence-corrected chi connectivity index (χ1v) is 10.6. The lowest BCUT2D eigenvalue weighted by molar-refractivity contribution is -0.116. The van der Waals surface area contributed by atoms with Gasteiger partial charge in [-0.25, -0.2) is 4.98 Å². The number of benzene rings is 3. The van der Waals surface area contributed by atoms with Crippen LogP contribution in [0.1, 0.15) is 21.7 Å². The SMILES string of the molecule is Cc1cccc(C(=O)NCc2nc3ccccc3n2CC(=O)Nc2cccc(Br)c2)c1. The van der Waals surface area contributed by atoms with E-state index in [1.165, 1.54) is 0 Å². The Balaban J connectivity index is 1.54. The molecule has 2 N–H and O–H groups in total. The maximum absolute atomic E-state index is 12.7. The van der Waals surface area contributed by atoms with Crippen molar-refractivity contribution >= 4 is 44.5 Å². The molecule has 2 amide bonds. The quantitative estimate of drug-likeness (QED) is 0.424. The number of hydrogen-bond acceptors (Lipinski definition) is 3. The summed E-state index contributed by atoms with van der Waals surface area (Å²) in [5.41, 5.74) is 3.93. The fraction of sp³-hybridized carbons (Fsp3) is 0.125. The maximum Gasteiger partial charge on any atom is 0.251 e. The molecule has 0 atom stereocenters. The second-order valence-electron chi connectivity index (χ2n) is 7.21. The Hall–Kier alpha value is -3.45. The minimum atomic E-state index is -0.180. The largest absolute Gasteiger partial charge is 0.345 e. The van der Waals surface area contributed by atoms with Crippen molar-refractivity contribution in [2.24, 2.45) is 0 Å². The lowest BCUT2D eigenvalue weighted by Gasteiger charge is -2.11. The Kier molecular flexibility index (Phi) is 6.13. The lowest BCUT2D eigenvalue weighted by Crippen LogP contribution is -2.26. The third-order valence-electron chi connectivity index (χ3n) is 4.83. The fourth-order valence-corrected chi connectivity index (χ4v) is 3.79. The van der Waals surface area contributed by atoms with Crippen LogP contribution in [0.5, 0.6) is 0 Å². The van der Waals surface area contributed by atoms with Crippen LogP contribution in [0.2, 0.25) is 0 Å². The molecule has 31 heavy (non-hydrogen) atoms. The molecule has 0 bridgehead atoms. The summed E-state index contributed by atoms with van der Waals surface area (Å²) in [6.07, 6.45) is 0. The van der Waals surface area contributed by atoms with Crippen LogP contribution in [0.3, 0.4) is 0 Å². The van der Waals surface area contributed by atoms with Gasteiger partial charge in [0.05, 0.1) is 17.6 Å². The maximum atomic E-state index is 12.7. The van der Waals surface area contributed by atoms with Gasteiger partial charge >= 0.3 is 0 Å². The lowest BCUT2D eigenvalue weighted by atomic mass is 10.1. The summed E-state index contributed by atoms with van der Waals surface area (Å²) >= 11 is 3.41. The van der Waals surface area contributed by atoms with Crippen LogP contribution < -0.4 is 10.6 Å². The summed E-state index contributed by atoms with van der Waals surface area (Å²) in [6.45, 7) is 2.24. The van der Waals surface area contributed by atoms with Crippen molar-refractivity contribution in [1.82, 2.24) is 14.9 Å². The fourth-order valence-electron chi connectivity index (χ4n) is 3.39. The predicted octanol–water partition coefficient (Wildman–Crippen LogP) is 4.68. The van der Waals surface area contributed by atoms with Gasteiger partial charge in [0.1, 0.15) is 12.4 Å². The first-order chi connectivity index (χ1) is 15.0. The minimum absolute atomic E-state index is 0.0860. The average molecular weight is 477 g/mol. The molecule has 1 heterocycles. The number of hydrogen-bond donors (Lipinski definition) is 2. The number of anilines is 1. The minimum Gasteiger partial charge on any atom is -0.345 e. The summed E-state index contributed by atoms with van der Waals surface area (Å²) in [5.74, 6) is 0.264. The van der Waals surface area contributed by atoms with E-state index in [0.29, 0.717) is 17.1 Å². The molecule has 156 valence electrons. The highest BCUT2D eigenvalue weighted by Gasteiger charge is 2.15. The van der Waals surface area contributed by atoms with Crippen LogP contribution in [0, 0.1) is 6.92 Å². The molecule has 0 aliphatic heterocycles. The van der Waals surface area contributed by atoms with Crippen molar-refractivity contribution in [1.29, 1.82) is 0 Å². The molecule has 0 saturated carbocycles. The number of imidazole rings is 1. The van der Waals surface area contributed by atoms with Crippen LogP contribution in [-0.2, 0) is 17.9 Å². The van der Waals surface area contributed by atoms with E-state index in [1.807, 2.05) is 78.2 Å². The zero-order valence-electron chi connectivity index (χ0n) is 16.9. The van der Waals surface area contributed by atoms with Gasteiger partial charge < -0.3 is 15.2 Å². The van der Waals surface area contributed by atoms with E-state index in [-0.39, 0.29) is 24.9 Å². The first kappa shape index (κ1) is 20.8. The molecule has 4 rings (SSSR count). The molecule has 6 nitrogen and oxygen atoms in total. The summed E-state index contributed by atoms with van der Waals surface area (Å²) in [4.78, 5) is 29.9. The van der Waals surface area contributed by atoms with E-state index >= 15 is 0 Å². The number of rotatable bonds is 6. The summed E-state index contributed by atoms with van der Waals surface area (Å²) in [5, 5.41) is 5.82. The summed E-state index contributed by atoms with van der Waals surface area (Å²) < 4.78 is 2.72. The van der Waals surface area contributed by atoms with Crippen molar-refractivity contribution in [2.75, 3.05) is 5.32 Å². The zero-order chi connectivity index (χ0) is 21.8. The van der Waals surface area contributed by atoms with Crippen molar-refractivity contribution < 1.29 is 9.59 Å². The van der Waals surface area contributed by atoms with Crippen molar-refractivity contribution in [3.63, 3.8) is 0 Å². The Labute approximate surface area is 188 Å². The van der Waals surface area contributed by atoms with Crippen LogP contribution in [0.4, 0.5) is 5.69 Å². The van der Waals surface area contributed by atoms with Crippen molar-refractivity contribution in [2.45, 2.75) is 20.0 Å². The van der Waals surface area contributed by atoms with Crippen molar-refractivity contribution in [3.05, 3.63) is 94.2 Å². The van der Waals surface area contributed by atoms with Crippen molar-refractivity contribution in [3.8, 4) is 0 Å². The molecule has 0 aliphatic rings. The number of halogens is 1. The third-order valence-corrected chi connectivity index (χ3v) is 5.32. The zero-order valence-corrected chi connectivity index (χ0v) is 18.5. The van der Waals surface area contributed by atoms with Crippen LogP contribution in [0.15, 0.2) is 77.3 Å². The Morgan fingerprint density at radius 3 is 2.61 bits per heavy atom. The van der Waals surface area contributed by atoms with Gasteiger partial charge in [-0.15, -0.1) is 0 Å². The molecule has 4 aromatic rings. The van der Waals surface area contributed by atoms with Crippen LogP contribution in [-0.4, -0.2) is 21.4 Å². The predicted molar refractivity (Wildman–Crippen MR) is 125 cm³/mol. The molecule has 1 aromatic heterocycles. The van der Waals surface area contributed by atoms with Gasteiger partial charge in [-0.3, -0.25) is 9.59 Å². The normalized spacial score (nSPS) is 10.8. The summed E-state index contributed by atoms with van der Waals surface area (Å²) in [7, 11) is 0. The van der Waals surface area contributed by atoms with Gasteiger partial charge in [-0.1, -0.05) is 51.8 Å². The van der Waals surface area contributed by atoms with Gasteiger partial charge in [0, 0.05) is 15.7 Å². The topological polar surface area (TPSA) is 76.0 Å². The summed E-state index contributed by atoms with van der Waals surface area (Å²) in [6, 6.07) is 22.5. The second-order valence-corrected chi connectivity index (χ2v) is 8.13. The molecule has 0 saturated heterocycles. The number of para-hydroxylation sites is 2. The Bertz CT molecular complexity index is 1270. The van der Waals surface area contributed by atoms with Gasteiger partial charge in [0.2, 0.25) is 5.91 Å². The van der Waals surface area contributed by atoms with E-state index in [4.69, 9.17) is 0 Å². The average Bonchev–Trinajstić information content (AvgIpc) is 3.09. The molecule has 3 aromatic carbocycles. The highest BCUT2D eigenvalue weighted by atomic mass is 79.9. The van der Waals surface area contributed by atoms with E-state index < -0.39 is 0 Å². The smallest absolute Gasteiger partial charge is 0.251 e. The Morgan fingerprint density at radius 1 is 1.00 bits per heavy atom. The number of carbonyl (C=O) groups excluding carboxylic acids is 2. The van der Waals surface area contributed by atoms with E-state index in [2.05, 4.69) is 31.5 Å². The number of carbonyl (C=O) groups is 2. The molecular weight excluding hydrogens is 456 g/mol. The van der Waals surface area contributed by atoms with E-state index in [9.17, 15) is 9.59 Å². The van der Waals surface area contributed by atoms with Crippen LogP contribution in [0.25, 0.3) is 11.0 Å². The van der Waals surface area contributed by atoms with Crippen LogP contribution >= 0.6 is 15.9 Å². The number of nitrogens with one attached hydrogen (secondary N) is 2. The van der Waals surface area contributed by atoms with Gasteiger partial charge in [0.25, 0.3) is 5.91 Å². The van der Waals surface area contributed by atoms with E-state index in [0.717, 1.165) is 21.1 Å². The second kappa shape index (κ2) is 9.14. The number of amides is 2. The number of aryl methyl sites for hydroxylation is 1. The molecule has 0 spiro atoms. The number of nitrogens with zero attached hydrogens (tertiary/aromatic N) is 2. The van der Waals surface area contributed by atoms with E-state index in [1.54, 1.807) is 6.07 Å². The van der Waals surface area contributed by atoms with Gasteiger partial charge in [0.15, 0.2) is 0 Å². The molecule has 7 heteroatoms.